The zero-order valence-electron chi connectivity index (χ0n) is 12.0. The predicted molar refractivity (Wildman–Crippen MR) is 87.3 cm³/mol. The lowest BCUT2D eigenvalue weighted by atomic mass is 10.0. The topological polar surface area (TPSA) is 69.8 Å². The maximum Gasteiger partial charge on any atom is 0.276 e. The second-order valence-electron chi connectivity index (χ2n) is 5.47. The Kier molecular flexibility index (Phi) is 3.04. The highest BCUT2D eigenvalue weighted by molar-refractivity contribution is 6.11. The van der Waals surface area contributed by atoms with Crippen LogP contribution >= 0.6 is 0 Å². The second-order valence-corrected chi connectivity index (χ2v) is 5.47. The summed E-state index contributed by atoms with van der Waals surface area (Å²) >= 11 is 0. The molecule has 3 aromatic rings. The molecule has 0 bridgehead atoms. The number of nitrogens with zero attached hydrogens (tertiary/aromatic N) is 1. The van der Waals surface area contributed by atoms with E-state index >= 15 is 0 Å². The Labute approximate surface area is 127 Å². The van der Waals surface area contributed by atoms with Crippen LogP contribution in [-0.2, 0) is 6.42 Å². The molecule has 1 aromatic heterocycles. The Morgan fingerprint density at radius 1 is 1.18 bits per heavy atom. The lowest BCUT2D eigenvalue weighted by Crippen LogP contribution is -2.15. The maximum atomic E-state index is 12.4. The number of aromatic amines is 1. The van der Waals surface area contributed by atoms with Gasteiger partial charge in [-0.25, -0.2) is 0 Å². The van der Waals surface area contributed by atoms with Crippen LogP contribution in [0, 0.1) is 0 Å². The molecule has 2 heterocycles. The minimum atomic E-state index is -0.193. The van der Waals surface area contributed by atoms with Gasteiger partial charge < -0.3 is 10.6 Å². The molecule has 0 saturated carbocycles. The SMILES string of the molecule is O=C(Nc1ccc2c(c1)CCCN2)c1n[nH]c2ccccc12. The number of carbonyl (C=O) groups excluding carboxylic acids is 1. The van der Waals surface area contributed by atoms with Crippen molar-refractivity contribution in [1.29, 1.82) is 0 Å². The lowest BCUT2D eigenvalue weighted by molar-refractivity contribution is 0.102. The number of benzene rings is 2. The van der Waals surface area contributed by atoms with E-state index in [4.69, 9.17) is 0 Å². The van der Waals surface area contributed by atoms with Crippen molar-refractivity contribution in [2.75, 3.05) is 17.2 Å². The number of H-pyrrole nitrogens is 1. The van der Waals surface area contributed by atoms with Crippen LogP contribution in [0.2, 0.25) is 0 Å². The van der Waals surface area contributed by atoms with E-state index in [9.17, 15) is 4.79 Å². The number of rotatable bonds is 2. The van der Waals surface area contributed by atoms with Gasteiger partial charge in [-0.05, 0) is 42.7 Å². The zero-order valence-corrected chi connectivity index (χ0v) is 12.0. The van der Waals surface area contributed by atoms with Gasteiger partial charge in [0, 0.05) is 23.3 Å². The van der Waals surface area contributed by atoms with Gasteiger partial charge in [-0.1, -0.05) is 18.2 Å². The average molecular weight is 292 g/mol. The highest BCUT2D eigenvalue weighted by Gasteiger charge is 2.15. The Bertz CT molecular complexity index is 853. The number of aromatic nitrogens is 2. The first-order valence-corrected chi connectivity index (χ1v) is 7.42. The fourth-order valence-corrected chi connectivity index (χ4v) is 2.88. The fraction of sp³-hybridized carbons (Fsp3) is 0.176. The summed E-state index contributed by atoms with van der Waals surface area (Å²) < 4.78 is 0. The molecule has 2 aromatic carbocycles. The van der Waals surface area contributed by atoms with Crippen molar-refractivity contribution in [3.05, 3.63) is 53.7 Å². The molecule has 1 aliphatic rings. The second kappa shape index (κ2) is 5.18. The van der Waals surface area contributed by atoms with Crippen LogP contribution in [-0.4, -0.2) is 22.6 Å². The van der Waals surface area contributed by atoms with E-state index in [0.29, 0.717) is 5.69 Å². The minimum Gasteiger partial charge on any atom is -0.385 e. The van der Waals surface area contributed by atoms with E-state index in [0.717, 1.165) is 41.7 Å². The van der Waals surface area contributed by atoms with Crippen LogP contribution in [0.15, 0.2) is 42.5 Å². The maximum absolute atomic E-state index is 12.4. The van der Waals surface area contributed by atoms with Crippen molar-refractivity contribution in [1.82, 2.24) is 10.2 Å². The zero-order chi connectivity index (χ0) is 14.9. The highest BCUT2D eigenvalue weighted by Crippen LogP contribution is 2.25. The van der Waals surface area contributed by atoms with E-state index < -0.39 is 0 Å². The Hall–Kier alpha value is -2.82. The van der Waals surface area contributed by atoms with Gasteiger partial charge in [0.1, 0.15) is 0 Å². The number of hydrogen-bond donors (Lipinski definition) is 3. The first-order valence-electron chi connectivity index (χ1n) is 7.42. The summed E-state index contributed by atoms with van der Waals surface area (Å²) in [5, 5.41) is 14.1. The van der Waals surface area contributed by atoms with Gasteiger partial charge in [0.15, 0.2) is 5.69 Å². The van der Waals surface area contributed by atoms with E-state index in [1.54, 1.807) is 0 Å². The molecule has 110 valence electrons. The Balaban J connectivity index is 1.62. The quantitative estimate of drug-likeness (QED) is 0.679. The standard InChI is InChI=1S/C17H16N4O/c22-17(16-13-5-1-2-6-15(13)20-21-16)19-12-7-8-14-11(10-12)4-3-9-18-14/h1-2,5-8,10,18H,3-4,9H2,(H,19,22)(H,20,21). The third-order valence-corrected chi connectivity index (χ3v) is 3.99. The monoisotopic (exact) mass is 292 g/mol. The number of anilines is 2. The van der Waals surface area contributed by atoms with Gasteiger partial charge >= 0.3 is 0 Å². The van der Waals surface area contributed by atoms with Gasteiger partial charge in [0.2, 0.25) is 0 Å². The Morgan fingerprint density at radius 3 is 3.05 bits per heavy atom. The van der Waals surface area contributed by atoms with Crippen LogP contribution in [0.4, 0.5) is 11.4 Å². The number of fused-ring (bicyclic) bond motifs is 2. The molecular weight excluding hydrogens is 276 g/mol. The third kappa shape index (κ3) is 2.20. The lowest BCUT2D eigenvalue weighted by Gasteiger charge is -2.18. The van der Waals surface area contributed by atoms with E-state index in [-0.39, 0.29) is 5.91 Å². The minimum absolute atomic E-state index is 0.193. The van der Waals surface area contributed by atoms with Crippen molar-refractivity contribution < 1.29 is 4.79 Å². The molecule has 0 atom stereocenters. The number of amides is 1. The fourth-order valence-electron chi connectivity index (χ4n) is 2.88. The number of para-hydroxylation sites is 1. The molecule has 0 fully saturated rings. The van der Waals surface area contributed by atoms with Gasteiger partial charge in [-0.15, -0.1) is 0 Å². The van der Waals surface area contributed by atoms with Crippen LogP contribution in [0.1, 0.15) is 22.5 Å². The molecule has 5 heteroatoms. The Morgan fingerprint density at radius 2 is 2.09 bits per heavy atom. The first kappa shape index (κ1) is 12.9. The third-order valence-electron chi connectivity index (χ3n) is 3.99. The molecular formula is C17H16N4O. The van der Waals surface area contributed by atoms with Gasteiger partial charge in [0.05, 0.1) is 5.52 Å². The highest BCUT2D eigenvalue weighted by atomic mass is 16.1. The number of hydrogen-bond acceptors (Lipinski definition) is 3. The summed E-state index contributed by atoms with van der Waals surface area (Å²) in [5.74, 6) is -0.193. The number of aryl methyl sites for hydroxylation is 1. The molecule has 0 saturated heterocycles. The van der Waals surface area contributed by atoms with E-state index in [1.807, 2.05) is 42.5 Å². The van der Waals surface area contributed by atoms with Crippen molar-refractivity contribution in [2.24, 2.45) is 0 Å². The van der Waals surface area contributed by atoms with Crippen molar-refractivity contribution >= 4 is 28.2 Å². The molecule has 0 unspecified atom stereocenters. The average Bonchev–Trinajstić information content (AvgIpc) is 2.99. The van der Waals surface area contributed by atoms with E-state index in [1.165, 1.54) is 5.56 Å². The molecule has 0 aliphatic carbocycles. The summed E-state index contributed by atoms with van der Waals surface area (Å²) in [7, 11) is 0. The van der Waals surface area contributed by atoms with E-state index in [2.05, 4.69) is 20.8 Å². The van der Waals surface area contributed by atoms with Crippen molar-refractivity contribution in [3.63, 3.8) is 0 Å². The molecule has 0 radical (unpaired) electrons. The normalized spacial score (nSPS) is 13.5. The van der Waals surface area contributed by atoms with Gasteiger partial charge in [0.25, 0.3) is 5.91 Å². The molecule has 3 N–H and O–H groups in total. The molecule has 4 rings (SSSR count). The van der Waals surface area contributed by atoms with Crippen LogP contribution in [0.5, 0.6) is 0 Å². The summed E-state index contributed by atoms with van der Waals surface area (Å²) in [6, 6.07) is 13.6. The van der Waals surface area contributed by atoms with Gasteiger partial charge in [-0.2, -0.15) is 5.10 Å². The molecule has 5 nitrogen and oxygen atoms in total. The summed E-state index contributed by atoms with van der Waals surface area (Å²) in [5.41, 5.74) is 4.50. The summed E-state index contributed by atoms with van der Waals surface area (Å²) in [4.78, 5) is 12.4. The number of nitrogens with one attached hydrogen (secondary N) is 3. The van der Waals surface area contributed by atoms with Crippen LogP contribution in [0.25, 0.3) is 10.9 Å². The van der Waals surface area contributed by atoms with Crippen molar-refractivity contribution in [2.45, 2.75) is 12.8 Å². The largest absolute Gasteiger partial charge is 0.385 e. The molecule has 1 amide bonds. The summed E-state index contributed by atoms with van der Waals surface area (Å²) in [6.45, 7) is 1.01. The number of carbonyl (C=O) groups is 1. The smallest absolute Gasteiger partial charge is 0.276 e. The van der Waals surface area contributed by atoms with Crippen LogP contribution < -0.4 is 10.6 Å². The molecule has 22 heavy (non-hydrogen) atoms. The van der Waals surface area contributed by atoms with Gasteiger partial charge in [-0.3, -0.25) is 9.89 Å². The molecule has 0 spiro atoms. The van der Waals surface area contributed by atoms with Crippen LogP contribution in [0.3, 0.4) is 0 Å². The first-order chi connectivity index (χ1) is 10.8. The predicted octanol–water partition coefficient (Wildman–Crippen LogP) is 3.17. The molecule has 1 aliphatic heterocycles. The van der Waals surface area contributed by atoms with Crippen molar-refractivity contribution in [3.8, 4) is 0 Å². The summed E-state index contributed by atoms with van der Waals surface area (Å²) in [6.07, 6.45) is 2.16.